The molecule has 1 aliphatic heterocycles. The average Bonchev–Trinajstić information content (AvgIpc) is 3.55. The van der Waals surface area contributed by atoms with Gasteiger partial charge in [0.15, 0.2) is 7.28 Å². The van der Waals surface area contributed by atoms with E-state index in [1.807, 2.05) is 0 Å². The van der Waals surface area contributed by atoms with Gasteiger partial charge < -0.3 is 5.32 Å². The van der Waals surface area contributed by atoms with Crippen molar-refractivity contribution in [3.63, 3.8) is 0 Å². The Balaban J connectivity index is 1.23. The van der Waals surface area contributed by atoms with Gasteiger partial charge >= 0.3 is 0 Å². The summed E-state index contributed by atoms with van der Waals surface area (Å²) in [5, 5.41) is 6.38. The first-order valence-corrected chi connectivity index (χ1v) is 20.4. The summed E-state index contributed by atoms with van der Waals surface area (Å²) in [5.74, 6) is 0.132. The van der Waals surface area contributed by atoms with Crippen molar-refractivity contribution in [1.29, 1.82) is 0 Å². The topological polar surface area (TPSA) is 12.0 Å². The highest BCUT2D eigenvalue weighted by molar-refractivity contribution is 6.71. The van der Waals surface area contributed by atoms with E-state index in [2.05, 4.69) is 218 Å². The molecule has 0 aromatic heterocycles. The predicted octanol–water partition coefficient (Wildman–Crippen LogP) is 13.3. The molecule has 1 radical (unpaired) electrons. The van der Waals surface area contributed by atoms with Crippen LogP contribution in [0.2, 0.25) is 0 Å². The summed E-state index contributed by atoms with van der Waals surface area (Å²) in [6.07, 6.45) is 0. The van der Waals surface area contributed by atoms with Crippen molar-refractivity contribution in [2.24, 2.45) is 0 Å². The summed E-state index contributed by atoms with van der Waals surface area (Å²) >= 11 is 0. The van der Waals surface area contributed by atoms with Gasteiger partial charge in [0.2, 0.25) is 0 Å². The maximum atomic E-state index is 3.91. The first kappa shape index (κ1) is 35.3. The number of hydrogen-bond donors (Lipinski definition) is 1. The molecule has 0 saturated carbocycles. The highest BCUT2D eigenvalue weighted by Gasteiger charge is 2.39. The largest absolute Gasteiger partial charge is 0.355 e. The summed E-state index contributed by atoms with van der Waals surface area (Å²) in [6, 6.07) is 61.0. The van der Waals surface area contributed by atoms with E-state index in [1.54, 1.807) is 0 Å². The Morgan fingerprint density at radius 2 is 1.11 bits per heavy atom. The van der Waals surface area contributed by atoms with Crippen LogP contribution in [0.5, 0.6) is 0 Å². The van der Waals surface area contributed by atoms with Gasteiger partial charge in [0.1, 0.15) is 0 Å². The molecule has 8 aromatic rings. The van der Waals surface area contributed by atoms with Gasteiger partial charge in [-0.15, -0.1) is 0 Å². The Morgan fingerprint density at radius 3 is 1.81 bits per heavy atom. The highest BCUT2D eigenvalue weighted by atomic mass is 14.9. The van der Waals surface area contributed by atoms with E-state index in [9.17, 15) is 0 Å². The molecule has 275 valence electrons. The minimum atomic E-state index is 0.00229. The molecule has 8 aromatic carbocycles. The van der Waals surface area contributed by atoms with Crippen molar-refractivity contribution in [1.82, 2.24) is 0 Å². The number of nitrogens with one attached hydrogen (secondary N) is 1. The summed E-state index contributed by atoms with van der Waals surface area (Å²) < 4.78 is 0. The zero-order chi connectivity index (χ0) is 39.1. The molecule has 10 rings (SSSR count). The van der Waals surface area contributed by atoms with Crippen LogP contribution < -0.4 is 16.2 Å². The van der Waals surface area contributed by atoms with Crippen molar-refractivity contribution >= 4 is 40.4 Å². The minimum absolute atomic E-state index is 0.00229. The van der Waals surface area contributed by atoms with Crippen molar-refractivity contribution < 1.29 is 0 Å². The second-order valence-corrected chi connectivity index (χ2v) is 18.1. The molecule has 2 heteroatoms. The molecule has 1 unspecified atom stereocenters. The van der Waals surface area contributed by atoms with Crippen molar-refractivity contribution in [3.8, 4) is 44.5 Å². The molecule has 0 saturated heterocycles. The molecule has 1 N–H and O–H groups in total. The van der Waals surface area contributed by atoms with Gasteiger partial charge in [-0.3, -0.25) is 0 Å². The minimum Gasteiger partial charge on any atom is -0.355 e. The Labute approximate surface area is 338 Å². The predicted molar refractivity (Wildman–Crippen MR) is 245 cm³/mol. The quantitative estimate of drug-likeness (QED) is 0.174. The Hall–Kier alpha value is -6.12. The Bertz CT molecular complexity index is 2840. The van der Waals surface area contributed by atoms with Crippen LogP contribution >= 0.6 is 0 Å². The van der Waals surface area contributed by atoms with Crippen molar-refractivity contribution in [2.45, 2.75) is 58.3 Å². The second kappa shape index (κ2) is 13.2. The number of benzene rings is 8. The molecular weight excluding hydrogens is 685 g/mol. The van der Waals surface area contributed by atoms with Gasteiger partial charge in [0.25, 0.3) is 0 Å². The molecular formula is C55H47BN. The molecule has 1 heterocycles. The lowest BCUT2D eigenvalue weighted by atomic mass is 9.51. The van der Waals surface area contributed by atoms with E-state index in [-0.39, 0.29) is 16.7 Å². The summed E-state index contributed by atoms with van der Waals surface area (Å²) in [7, 11) is 2.51. The summed E-state index contributed by atoms with van der Waals surface area (Å²) in [6.45, 7) is 14.0. The van der Waals surface area contributed by atoms with Crippen LogP contribution in [0.3, 0.4) is 0 Å². The molecule has 0 bridgehead atoms. The maximum absolute atomic E-state index is 3.91. The Morgan fingerprint density at radius 1 is 0.474 bits per heavy atom. The van der Waals surface area contributed by atoms with E-state index >= 15 is 0 Å². The number of hydrogen-bond acceptors (Lipinski definition) is 1. The standard InChI is InChI=1S/C55H47BN/c1-54(2,3)39-24-27-43-44(31-39)45-32-40(55(4,5)6)33-48-52(45)51(43)47-30-38(35-17-11-8-12-18-35)29-46(53(47)56-48)50-42-20-14-13-19-37(42)23-28-49(50)57-41-25-21-36(22-26-41)34-15-9-7-10-16-34/h7-33,51,57H,1-6H3. The second-order valence-electron chi connectivity index (χ2n) is 18.1. The lowest BCUT2D eigenvalue weighted by Gasteiger charge is -2.31. The van der Waals surface area contributed by atoms with E-state index in [1.165, 1.54) is 94.0 Å². The van der Waals surface area contributed by atoms with Gasteiger partial charge in [-0.25, -0.2) is 0 Å². The van der Waals surface area contributed by atoms with Crippen LogP contribution in [-0.4, -0.2) is 7.28 Å². The van der Waals surface area contributed by atoms with E-state index in [4.69, 9.17) is 0 Å². The monoisotopic (exact) mass is 732 g/mol. The number of fused-ring (bicyclic) bond motifs is 6. The van der Waals surface area contributed by atoms with Crippen LogP contribution in [0, 0.1) is 0 Å². The van der Waals surface area contributed by atoms with Gasteiger partial charge in [0.05, 0.1) is 0 Å². The average molecular weight is 733 g/mol. The first-order valence-electron chi connectivity index (χ1n) is 20.4. The van der Waals surface area contributed by atoms with Crippen molar-refractivity contribution in [3.05, 3.63) is 192 Å². The molecule has 0 spiro atoms. The first-order chi connectivity index (χ1) is 27.5. The zero-order valence-corrected chi connectivity index (χ0v) is 33.7. The molecule has 57 heavy (non-hydrogen) atoms. The summed E-state index contributed by atoms with van der Waals surface area (Å²) in [4.78, 5) is 0. The van der Waals surface area contributed by atoms with E-state index in [0.29, 0.717) is 0 Å². The van der Waals surface area contributed by atoms with Gasteiger partial charge in [0, 0.05) is 22.9 Å². The Kier molecular flexibility index (Phi) is 8.20. The molecule has 1 nitrogen and oxygen atoms in total. The van der Waals surface area contributed by atoms with Gasteiger partial charge in [-0.2, -0.15) is 0 Å². The molecule has 1 atom stereocenters. The molecule has 0 fully saturated rings. The lowest BCUT2D eigenvalue weighted by Crippen LogP contribution is -2.41. The third-order valence-electron chi connectivity index (χ3n) is 12.3. The normalized spacial score (nSPS) is 14.1. The molecule has 1 aliphatic carbocycles. The fourth-order valence-corrected chi connectivity index (χ4v) is 9.19. The lowest BCUT2D eigenvalue weighted by molar-refractivity contribution is 0.589. The SMILES string of the molecule is CC(C)(C)c1ccc2c(c1)-c1cc(C(C)(C)C)cc3c1C2c1cc(-c2ccccc2)cc(-c2c(Nc4ccc(-c5ccccc5)cc4)ccc4ccccc24)c1[B]3. The van der Waals surface area contributed by atoms with E-state index in [0.717, 1.165) is 11.4 Å². The number of rotatable bonds is 5. The van der Waals surface area contributed by atoms with Gasteiger partial charge in [-0.1, -0.05) is 192 Å². The van der Waals surface area contributed by atoms with Crippen LogP contribution in [0.4, 0.5) is 11.4 Å². The molecule has 0 amide bonds. The molecule has 2 aliphatic rings. The maximum Gasteiger partial charge on any atom is 0.193 e. The third kappa shape index (κ3) is 6.10. The highest BCUT2D eigenvalue weighted by Crippen LogP contribution is 2.52. The third-order valence-corrected chi connectivity index (χ3v) is 12.3. The smallest absolute Gasteiger partial charge is 0.193 e. The van der Waals surface area contributed by atoms with Gasteiger partial charge in [-0.05, 0) is 113 Å². The van der Waals surface area contributed by atoms with E-state index < -0.39 is 0 Å². The van der Waals surface area contributed by atoms with Crippen LogP contribution in [0.15, 0.2) is 164 Å². The van der Waals surface area contributed by atoms with Crippen LogP contribution in [-0.2, 0) is 10.8 Å². The fraction of sp³-hybridized carbons (Fsp3) is 0.164. The van der Waals surface area contributed by atoms with Crippen molar-refractivity contribution in [2.75, 3.05) is 5.32 Å². The number of anilines is 2. The summed E-state index contributed by atoms with van der Waals surface area (Å²) in [5.41, 5.74) is 22.0. The fourth-order valence-electron chi connectivity index (χ4n) is 9.19. The zero-order valence-electron chi connectivity index (χ0n) is 33.7. The van der Waals surface area contributed by atoms with Crippen LogP contribution in [0.1, 0.15) is 75.3 Å². The van der Waals surface area contributed by atoms with Crippen LogP contribution in [0.25, 0.3) is 55.3 Å².